The zero-order valence-electron chi connectivity index (χ0n) is 15.9. The van der Waals surface area contributed by atoms with Gasteiger partial charge in [0.2, 0.25) is 5.91 Å². The smallest absolute Gasteiger partial charge is 0.251 e. The molecule has 0 bridgehead atoms. The lowest BCUT2D eigenvalue weighted by atomic mass is 10.2. The van der Waals surface area contributed by atoms with Gasteiger partial charge in [-0.2, -0.15) is 0 Å². The zero-order chi connectivity index (χ0) is 20.8. The summed E-state index contributed by atoms with van der Waals surface area (Å²) in [5, 5.41) is 15.1. The molecule has 3 aromatic rings. The average molecular weight is 430 g/mol. The van der Waals surface area contributed by atoms with Crippen molar-refractivity contribution in [1.82, 2.24) is 20.1 Å². The summed E-state index contributed by atoms with van der Waals surface area (Å²) < 4.78 is 1.77. The van der Waals surface area contributed by atoms with Crippen molar-refractivity contribution in [1.29, 1.82) is 0 Å². The van der Waals surface area contributed by atoms with Gasteiger partial charge in [-0.15, -0.1) is 10.2 Å². The first-order chi connectivity index (χ1) is 13.9. The minimum Gasteiger partial charge on any atom is -0.342 e. The van der Waals surface area contributed by atoms with E-state index in [-0.39, 0.29) is 23.6 Å². The summed E-state index contributed by atoms with van der Waals surface area (Å²) in [6.07, 6.45) is 0. The number of amides is 2. The van der Waals surface area contributed by atoms with Crippen LogP contribution in [0.2, 0.25) is 5.02 Å². The molecule has 2 amide bonds. The number of rotatable bonds is 7. The average Bonchev–Trinajstić information content (AvgIpc) is 3.07. The molecule has 0 fully saturated rings. The first kappa shape index (κ1) is 20.9. The molecule has 1 heterocycles. The van der Waals surface area contributed by atoms with Gasteiger partial charge in [0.05, 0.1) is 11.8 Å². The molecular weight excluding hydrogens is 410 g/mol. The van der Waals surface area contributed by atoms with Crippen LogP contribution in [-0.2, 0) is 11.8 Å². The van der Waals surface area contributed by atoms with Gasteiger partial charge in [-0.3, -0.25) is 9.59 Å². The van der Waals surface area contributed by atoms with Crippen LogP contribution in [0.4, 0.5) is 5.69 Å². The lowest BCUT2D eigenvalue weighted by Crippen LogP contribution is -2.28. The summed E-state index contributed by atoms with van der Waals surface area (Å²) in [5.41, 5.74) is 1.22. The summed E-state index contributed by atoms with van der Waals surface area (Å²) >= 11 is 7.22. The van der Waals surface area contributed by atoms with Crippen LogP contribution in [0.3, 0.4) is 0 Å². The van der Waals surface area contributed by atoms with Crippen molar-refractivity contribution in [2.45, 2.75) is 18.1 Å². The van der Waals surface area contributed by atoms with Crippen molar-refractivity contribution in [3.63, 3.8) is 0 Å². The molecular formula is C20H20ClN5O2S. The van der Waals surface area contributed by atoms with Gasteiger partial charge >= 0.3 is 0 Å². The lowest BCUT2D eigenvalue weighted by Gasteiger charge is -2.13. The third kappa shape index (κ3) is 5.58. The van der Waals surface area contributed by atoms with Crippen LogP contribution >= 0.6 is 23.4 Å². The largest absolute Gasteiger partial charge is 0.342 e. The van der Waals surface area contributed by atoms with E-state index in [4.69, 9.17) is 11.6 Å². The number of nitrogens with one attached hydrogen (secondary N) is 2. The van der Waals surface area contributed by atoms with Gasteiger partial charge < -0.3 is 15.2 Å². The van der Waals surface area contributed by atoms with Crippen molar-refractivity contribution in [2.75, 3.05) is 11.1 Å². The van der Waals surface area contributed by atoms with E-state index >= 15 is 0 Å². The van der Waals surface area contributed by atoms with Gasteiger partial charge in [0.15, 0.2) is 11.0 Å². The van der Waals surface area contributed by atoms with E-state index < -0.39 is 0 Å². The molecule has 1 atom stereocenters. The number of carbonyl (C=O) groups is 2. The molecule has 0 spiro atoms. The number of carbonyl (C=O) groups excluding carboxylic acids is 2. The molecule has 150 valence electrons. The van der Waals surface area contributed by atoms with Crippen LogP contribution in [0.1, 0.15) is 29.1 Å². The van der Waals surface area contributed by atoms with Crippen LogP contribution in [0.25, 0.3) is 0 Å². The first-order valence-electron chi connectivity index (χ1n) is 8.87. The second-order valence-electron chi connectivity index (χ2n) is 6.31. The van der Waals surface area contributed by atoms with Crippen LogP contribution < -0.4 is 10.6 Å². The standard InChI is InChI=1S/C20H20ClN5O2S/c1-13(22-19(28)14-7-6-8-15(21)11-14)18-24-25-20(26(18)2)29-12-17(27)23-16-9-4-3-5-10-16/h3-11,13H,12H2,1-2H3,(H,22,28)(H,23,27)/t13-/m0/s1. The molecule has 0 radical (unpaired) electrons. The highest BCUT2D eigenvalue weighted by Crippen LogP contribution is 2.20. The summed E-state index contributed by atoms with van der Waals surface area (Å²) in [6.45, 7) is 1.82. The van der Waals surface area contributed by atoms with Crippen molar-refractivity contribution in [3.05, 3.63) is 71.0 Å². The third-order valence-electron chi connectivity index (χ3n) is 4.08. The Morgan fingerprint density at radius 3 is 2.62 bits per heavy atom. The molecule has 2 N–H and O–H groups in total. The topological polar surface area (TPSA) is 88.9 Å². The Morgan fingerprint density at radius 2 is 1.90 bits per heavy atom. The fourth-order valence-electron chi connectivity index (χ4n) is 2.65. The second kappa shape index (κ2) is 9.58. The van der Waals surface area contributed by atoms with Crippen molar-refractivity contribution < 1.29 is 9.59 Å². The Morgan fingerprint density at radius 1 is 1.14 bits per heavy atom. The predicted octanol–water partition coefficient (Wildman–Crippen LogP) is 3.69. The number of halogens is 1. The number of para-hydroxylation sites is 1. The molecule has 0 aliphatic rings. The van der Waals surface area contributed by atoms with E-state index in [2.05, 4.69) is 20.8 Å². The molecule has 0 saturated carbocycles. The second-order valence-corrected chi connectivity index (χ2v) is 7.69. The molecule has 0 saturated heterocycles. The van der Waals surface area contributed by atoms with Gasteiger partial charge in [-0.25, -0.2) is 0 Å². The zero-order valence-corrected chi connectivity index (χ0v) is 17.5. The molecule has 9 heteroatoms. The minimum absolute atomic E-state index is 0.131. The molecule has 1 aromatic heterocycles. The predicted molar refractivity (Wildman–Crippen MR) is 114 cm³/mol. The summed E-state index contributed by atoms with van der Waals surface area (Å²) in [4.78, 5) is 24.5. The number of nitrogens with zero attached hydrogens (tertiary/aromatic N) is 3. The van der Waals surface area contributed by atoms with E-state index in [1.807, 2.05) is 37.3 Å². The maximum absolute atomic E-state index is 12.4. The quantitative estimate of drug-likeness (QED) is 0.559. The monoisotopic (exact) mass is 429 g/mol. The SMILES string of the molecule is C[C@H](NC(=O)c1cccc(Cl)c1)c1nnc(SCC(=O)Nc2ccccc2)n1C. The van der Waals surface area contributed by atoms with Gasteiger partial charge in [0.1, 0.15) is 0 Å². The lowest BCUT2D eigenvalue weighted by molar-refractivity contribution is -0.113. The number of anilines is 1. The number of thioether (sulfide) groups is 1. The molecule has 2 aromatic carbocycles. The molecule has 0 aliphatic heterocycles. The Bertz CT molecular complexity index is 1010. The number of benzene rings is 2. The van der Waals surface area contributed by atoms with E-state index in [9.17, 15) is 9.59 Å². The van der Waals surface area contributed by atoms with E-state index in [0.29, 0.717) is 21.6 Å². The molecule has 0 unspecified atom stereocenters. The Kier molecular flexibility index (Phi) is 6.90. The molecule has 0 aliphatic carbocycles. The highest BCUT2D eigenvalue weighted by atomic mass is 35.5. The highest BCUT2D eigenvalue weighted by molar-refractivity contribution is 7.99. The first-order valence-corrected chi connectivity index (χ1v) is 10.2. The maximum atomic E-state index is 12.4. The van der Waals surface area contributed by atoms with Crippen LogP contribution in [0.15, 0.2) is 59.8 Å². The molecule has 29 heavy (non-hydrogen) atoms. The van der Waals surface area contributed by atoms with Gasteiger partial charge in [0.25, 0.3) is 5.91 Å². The van der Waals surface area contributed by atoms with E-state index in [0.717, 1.165) is 5.69 Å². The number of hydrogen-bond acceptors (Lipinski definition) is 5. The van der Waals surface area contributed by atoms with Gasteiger partial charge in [-0.1, -0.05) is 47.6 Å². The van der Waals surface area contributed by atoms with Crippen LogP contribution in [-0.4, -0.2) is 32.3 Å². The third-order valence-corrected chi connectivity index (χ3v) is 5.34. The Balaban J connectivity index is 1.58. The van der Waals surface area contributed by atoms with Gasteiger partial charge in [0, 0.05) is 23.3 Å². The summed E-state index contributed by atoms with van der Waals surface area (Å²) in [5.74, 6) is 0.406. The fraction of sp³-hybridized carbons (Fsp3) is 0.200. The molecule has 7 nitrogen and oxygen atoms in total. The highest BCUT2D eigenvalue weighted by Gasteiger charge is 2.19. The summed E-state index contributed by atoms with van der Waals surface area (Å²) in [6, 6.07) is 15.6. The Hall–Kier alpha value is -2.84. The minimum atomic E-state index is -0.369. The van der Waals surface area contributed by atoms with Crippen molar-refractivity contribution in [3.8, 4) is 0 Å². The fourth-order valence-corrected chi connectivity index (χ4v) is 3.56. The van der Waals surface area contributed by atoms with Gasteiger partial charge in [-0.05, 0) is 37.3 Å². The van der Waals surface area contributed by atoms with E-state index in [1.165, 1.54) is 11.8 Å². The Labute approximate surface area is 177 Å². The normalized spacial score (nSPS) is 11.7. The maximum Gasteiger partial charge on any atom is 0.251 e. The number of hydrogen-bond donors (Lipinski definition) is 2. The van der Waals surface area contributed by atoms with Crippen molar-refractivity contribution in [2.24, 2.45) is 7.05 Å². The molecule has 3 rings (SSSR count). The number of aromatic nitrogens is 3. The van der Waals surface area contributed by atoms with Crippen molar-refractivity contribution >= 4 is 40.9 Å². The summed E-state index contributed by atoms with van der Waals surface area (Å²) in [7, 11) is 1.80. The van der Waals surface area contributed by atoms with Crippen LogP contribution in [0, 0.1) is 0 Å². The van der Waals surface area contributed by atoms with Crippen LogP contribution in [0.5, 0.6) is 0 Å². The van der Waals surface area contributed by atoms with E-state index in [1.54, 1.807) is 35.9 Å².